The van der Waals surface area contributed by atoms with Crippen molar-refractivity contribution in [3.05, 3.63) is 48.6 Å². The number of carbonyl (C=O) groups is 4. The van der Waals surface area contributed by atoms with Gasteiger partial charge in [0.1, 0.15) is 0 Å². The molecule has 93 heavy (non-hydrogen) atoms. The van der Waals surface area contributed by atoms with E-state index in [0.717, 1.165) is 64.5 Å². The second-order valence-electron chi connectivity index (χ2n) is 28.6. The maximum Gasteiger partial charge on any atom is 0.206 e. The number of carbonyl (C=O) groups excluding carboxylic acids is 4. The Balaban J connectivity index is -0.00000162. The van der Waals surface area contributed by atoms with Crippen molar-refractivity contribution < 1.29 is 45.7 Å². The standard InChI is InChI=1S/2C41H78NO2.H2O4S/c2*1-6-9-11-13-15-17-19-21-23-25-27-29-31-33-35-37-39(43)41(42(4,5)8-3)40(44)38-36-34-32-30-28-26-24-22-20-18-16-14-12-10-7-2;1-5(2,3)4/h2*21-24,41H,6-20,25-38H2,1-5H3;(H2,1,2,3,4)/q2*+1;/p-2/b2*23-21-,24-22-;. The van der Waals surface area contributed by atoms with Gasteiger partial charge < -0.3 is 18.1 Å². The van der Waals surface area contributed by atoms with Crippen molar-refractivity contribution >= 4 is 33.5 Å². The lowest BCUT2D eigenvalue weighted by atomic mass is 9.95. The van der Waals surface area contributed by atoms with Crippen LogP contribution in [0.1, 0.15) is 401 Å². The lowest BCUT2D eigenvalue weighted by molar-refractivity contribution is -0.895. The van der Waals surface area contributed by atoms with E-state index in [4.69, 9.17) is 17.5 Å². The van der Waals surface area contributed by atoms with E-state index in [1.54, 1.807) is 0 Å². The molecule has 0 unspecified atom stereocenters. The summed E-state index contributed by atoms with van der Waals surface area (Å²) < 4.78 is 35.1. The first-order valence-corrected chi connectivity index (χ1v) is 41.2. The zero-order valence-electron chi connectivity index (χ0n) is 63.4. The van der Waals surface area contributed by atoms with Crippen molar-refractivity contribution in [3.63, 3.8) is 0 Å². The molecule has 0 aromatic carbocycles. The smallest absolute Gasteiger partial charge is 0.206 e. The molecule has 0 saturated carbocycles. The van der Waals surface area contributed by atoms with Crippen LogP contribution in [0.4, 0.5) is 0 Å². The molecule has 0 aromatic heterocycles. The van der Waals surface area contributed by atoms with Gasteiger partial charge in [0.2, 0.25) is 12.1 Å². The Morgan fingerprint density at radius 1 is 0.258 bits per heavy atom. The molecule has 0 rings (SSSR count). The van der Waals surface area contributed by atoms with Crippen molar-refractivity contribution in [3.8, 4) is 0 Å². The fourth-order valence-corrected chi connectivity index (χ4v) is 12.3. The number of hydrogen-bond donors (Lipinski definition) is 0. The van der Waals surface area contributed by atoms with Crippen molar-refractivity contribution in [2.45, 2.75) is 413 Å². The summed E-state index contributed by atoms with van der Waals surface area (Å²) in [6, 6.07) is -0.956. The number of likely N-dealkylation sites (N-methyl/N-ethyl adjacent to an activating group) is 2. The highest BCUT2D eigenvalue weighted by Crippen LogP contribution is 2.21. The van der Waals surface area contributed by atoms with Crippen LogP contribution in [0, 0.1) is 0 Å². The van der Waals surface area contributed by atoms with Gasteiger partial charge in [-0.05, 0) is 142 Å². The van der Waals surface area contributed by atoms with E-state index in [0.29, 0.717) is 34.6 Å². The molecular formula is C82H156N2O8S. The van der Waals surface area contributed by atoms with Gasteiger partial charge >= 0.3 is 0 Å². The van der Waals surface area contributed by atoms with Crippen molar-refractivity contribution in [2.75, 3.05) is 41.3 Å². The minimum atomic E-state index is -5.17. The first kappa shape index (κ1) is 94.6. The minimum absolute atomic E-state index is 0.173. The number of quaternary nitrogens is 2. The third-order valence-corrected chi connectivity index (χ3v) is 19.0. The predicted octanol–water partition coefficient (Wildman–Crippen LogP) is 24.0. The van der Waals surface area contributed by atoms with Gasteiger partial charge in [-0.3, -0.25) is 27.6 Å². The number of hydrogen-bond acceptors (Lipinski definition) is 8. The number of rotatable bonds is 68. The Morgan fingerprint density at radius 3 is 0.527 bits per heavy atom. The fraction of sp³-hybridized carbons (Fsp3) is 0.854. The Kier molecular flexibility index (Phi) is 72.0. The average Bonchev–Trinajstić information content (AvgIpc) is 1.31. The number of ketones is 4. The van der Waals surface area contributed by atoms with Crippen molar-refractivity contribution in [1.29, 1.82) is 0 Å². The monoisotopic (exact) mass is 1330 g/mol. The molecule has 0 atom stereocenters. The first-order valence-electron chi connectivity index (χ1n) is 39.8. The third-order valence-electron chi connectivity index (χ3n) is 19.0. The summed E-state index contributed by atoms with van der Waals surface area (Å²) >= 11 is 0. The molecule has 0 radical (unpaired) electrons. The van der Waals surface area contributed by atoms with E-state index in [2.05, 4.69) is 118 Å². The van der Waals surface area contributed by atoms with E-state index < -0.39 is 22.5 Å². The molecule has 548 valence electrons. The minimum Gasteiger partial charge on any atom is -0.759 e. The van der Waals surface area contributed by atoms with Crippen LogP contribution in [-0.2, 0) is 29.6 Å². The summed E-state index contributed by atoms with van der Waals surface area (Å²) in [5.74, 6) is 0.693. The Hall–Kier alpha value is -2.57. The lowest BCUT2D eigenvalue weighted by Gasteiger charge is -2.35. The second kappa shape index (κ2) is 70.7. The Labute approximate surface area is 579 Å². The molecule has 0 N–H and O–H groups in total. The van der Waals surface area contributed by atoms with E-state index in [1.807, 2.05) is 0 Å². The lowest BCUT2D eigenvalue weighted by Crippen LogP contribution is -2.56. The molecule has 0 aromatic rings. The maximum atomic E-state index is 13.2. The van der Waals surface area contributed by atoms with E-state index in [1.165, 1.54) is 283 Å². The Morgan fingerprint density at radius 2 is 0.387 bits per heavy atom. The fourth-order valence-electron chi connectivity index (χ4n) is 12.3. The Bertz CT molecular complexity index is 1670. The van der Waals surface area contributed by atoms with Crippen LogP contribution < -0.4 is 0 Å². The van der Waals surface area contributed by atoms with Crippen molar-refractivity contribution in [2.24, 2.45) is 0 Å². The van der Waals surface area contributed by atoms with Crippen LogP contribution in [0.25, 0.3) is 0 Å². The summed E-state index contributed by atoms with van der Waals surface area (Å²) in [6.07, 6.45) is 86.6. The highest BCUT2D eigenvalue weighted by atomic mass is 32.3. The van der Waals surface area contributed by atoms with E-state index >= 15 is 0 Å². The normalized spacial score (nSPS) is 12.3. The molecule has 0 aliphatic rings. The third kappa shape index (κ3) is 69.1. The van der Waals surface area contributed by atoms with Crippen LogP contribution in [0.5, 0.6) is 0 Å². The number of Topliss-reactive ketones (excluding diaryl/α,β-unsaturated/α-hetero) is 4. The van der Waals surface area contributed by atoms with Crippen LogP contribution >= 0.6 is 0 Å². The molecule has 0 heterocycles. The van der Waals surface area contributed by atoms with Gasteiger partial charge in [-0.1, -0.05) is 282 Å². The average molecular weight is 1330 g/mol. The zero-order chi connectivity index (χ0) is 69.6. The highest BCUT2D eigenvalue weighted by molar-refractivity contribution is 7.79. The SMILES string of the molecule is CCCCCCCC/C=C\CCCCCCCC(=O)C(C(=O)CCCCCCC/C=C\CCCCCCCC)[N+](C)(C)CC.CCCCCCCC/C=C\CCCCCCCC(=O)C(C(=O)CCCCCCC/C=C\CCCCCCCC)[N+](C)(C)CC.O=S(=O)([O-])[O-]. The van der Waals surface area contributed by atoms with Gasteiger partial charge in [0, 0.05) is 36.1 Å². The van der Waals surface area contributed by atoms with Gasteiger partial charge in [-0.15, -0.1) is 0 Å². The molecule has 0 amide bonds. The summed E-state index contributed by atoms with van der Waals surface area (Å²) in [5, 5.41) is 0. The van der Waals surface area contributed by atoms with Crippen LogP contribution in [0.15, 0.2) is 48.6 Å². The molecule has 0 fully saturated rings. The molecule has 0 aliphatic carbocycles. The molecule has 0 aliphatic heterocycles. The summed E-state index contributed by atoms with van der Waals surface area (Å²) in [5.41, 5.74) is 0. The van der Waals surface area contributed by atoms with E-state index in [-0.39, 0.29) is 23.1 Å². The summed E-state index contributed by atoms with van der Waals surface area (Å²) in [7, 11) is 3.06. The molecule has 0 bridgehead atoms. The van der Waals surface area contributed by atoms with Gasteiger partial charge in [-0.25, -0.2) is 0 Å². The summed E-state index contributed by atoms with van der Waals surface area (Å²) in [4.78, 5) is 52.9. The predicted molar refractivity (Wildman–Crippen MR) is 401 cm³/mol. The molecule has 11 heteroatoms. The second-order valence-corrected chi connectivity index (χ2v) is 29.4. The van der Waals surface area contributed by atoms with Gasteiger partial charge in [0.25, 0.3) is 0 Å². The topological polar surface area (TPSA) is 149 Å². The number of allylic oxidation sites excluding steroid dienone is 8. The molecule has 0 saturated heterocycles. The zero-order valence-corrected chi connectivity index (χ0v) is 64.2. The van der Waals surface area contributed by atoms with Gasteiger partial charge in [0.15, 0.2) is 23.1 Å². The molecule has 10 nitrogen and oxygen atoms in total. The van der Waals surface area contributed by atoms with Gasteiger partial charge in [-0.2, -0.15) is 0 Å². The maximum absolute atomic E-state index is 13.2. The van der Waals surface area contributed by atoms with E-state index in [9.17, 15) is 19.2 Å². The largest absolute Gasteiger partial charge is 0.759 e. The highest BCUT2D eigenvalue weighted by Gasteiger charge is 2.40. The van der Waals surface area contributed by atoms with Crippen LogP contribution in [0.3, 0.4) is 0 Å². The first-order chi connectivity index (χ1) is 44.8. The van der Waals surface area contributed by atoms with Crippen LogP contribution in [0.2, 0.25) is 0 Å². The van der Waals surface area contributed by atoms with Gasteiger partial charge in [0.05, 0.1) is 41.3 Å². The quantitative estimate of drug-likeness (QED) is 0.0146. The van der Waals surface area contributed by atoms with Crippen LogP contribution in [-0.4, -0.2) is 103 Å². The van der Waals surface area contributed by atoms with Crippen molar-refractivity contribution in [1.82, 2.24) is 0 Å². The molecular weight excluding hydrogens is 1170 g/mol. The number of nitrogens with zero attached hydrogens (tertiary/aromatic N) is 2. The summed E-state index contributed by atoms with van der Waals surface area (Å²) in [6.45, 7) is 14.9. The number of unbranched alkanes of at least 4 members (excludes halogenated alkanes) is 44. The molecule has 0 spiro atoms.